The normalized spacial score (nSPS) is 12.4. The summed E-state index contributed by atoms with van der Waals surface area (Å²) in [5.41, 5.74) is 2.42. The van der Waals surface area contributed by atoms with Crippen molar-refractivity contribution in [2.75, 3.05) is 20.3 Å². The third-order valence-corrected chi connectivity index (χ3v) is 2.81. The first-order chi connectivity index (χ1) is 9.37. The molecule has 0 spiro atoms. The first-order valence-electron chi connectivity index (χ1n) is 7.09. The average Bonchev–Trinajstić information content (AvgIpc) is 2.36. The molecule has 0 aliphatic heterocycles. The van der Waals surface area contributed by atoms with Gasteiger partial charge in [-0.25, -0.2) is 0 Å². The van der Waals surface area contributed by atoms with E-state index < -0.39 is 0 Å². The number of para-hydroxylation sites is 1. The molecule has 0 heterocycles. The molecule has 0 saturated carbocycles. The van der Waals surface area contributed by atoms with E-state index in [1.807, 2.05) is 25.1 Å². The minimum absolute atomic E-state index is 0.117. The first-order valence-corrected chi connectivity index (χ1v) is 7.09. The summed E-state index contributed by atoms with van der Waals surface area (Å²) in [6, 6.07) is 5.97. The molecule has 0 saturated heterocycles. The van der Waals surface area contributed by atoms with Crippen molar-refractivity contribution in [1.82, 2.24) is 5.32 Å². The van der Waals surface area contributed by atoms with Crippen molar-refractivity contribution in [3.63, 3.8) is 0 Å². The molecule has 1 aromatic carbocycles. The van der Waals surface area contributed by atoms with Crippen LogP contribution >= 0.6 is 0 Å². The summed E-state index contributed by atoms with van der Waals surface area (Å²) in [7, 11) is 1.68. The molecule has 0 atom stereocenters. The lowest BCUT2D eigenvalue weighted by Crippen LogP contribution is -2.36. The molecule has 0 unspecified atom stereocenters. The van der Waals surface area contributed by atoms with E-state index in [4.69, 9.17) is 9.47 Å². The minimum Gasteiger partial charge on any atom is -0.492 e. The predicted octanol–water partition coefficient (Wildman–Crippen LogP) is 3.89. The molecule has 0 amide bonds. The van der Waals surface area contributed by atoms with Crippen molar-refractivity contribution in [1.29, 1.82) is 0 Å². The zero-order chi connectivity index (χ0) is 15.2. The molecule has 1 rings (SSSR count). The van der Waals surface area contributed by atoms with E-state index in [-0.39, 0.29) is 5.54 Å². The van der Waals surface area contributed by atoms with Gasteiger partial charge in [-0.3, -0.25) is 0 Å². The maximum atomic E-state index is 5.59. The molecule has 0 fully saturated rings. The molecular weight excluding hydrogens is 250 g/mol. The fourth-order valence-corrected chi connectivity index (χ4v) is 1.86. The molecule has 0 aliphatic carbocycles. The molecule has 0 bridgehead atoms. The lowest BCUT2D eigenvalue weighted by Gasteiger charge is -2.21. The summed E-state index contributed by atoms with van der Waals surface area (Å²) in [4.78, 5) is 0. The van der Waals surface area contributed by atoms with Crippen LogP contribution in [0.15, 0.2) is 23.8 Å². The Labute approximate surface area is 123 Å². The summed E-state index contributed by atoms with van der Waals surface area (Å²) in [5.74, 6) is 1.59. The third kappa shape index (κ3) is 5.25. The fraction of sp³-hybridized carbons (Fsp3) is 0.529. The van der Waals surface area contributed by atoms with Gasteiger partial charge in [0.05, 0.1) is 13.7 Å². The van der Waals surface area contributed by atoms with Crippen molar-refractivity contribution in [2.45, 2.75) is 40.2 Å². The van der Waals surface area contributed by atoms with E-state index >= 15 is 0 Å². The number of rotatable bonds is 6. The van der Waals surface area contributed by atoms with Gasteiger partial charge in [0, 0.05) is 17.6 Å². The fourth-order valence-electron chi connectivity index (χ4n) is 1.86. The van der Waals surface area contributed by atoms with Crippen LogP contribution in [-0.2, 0) is 0 Å². The molecule has 0 radical (unpaired) electrons. The maximum absolute atomic E-state index is 5.59. The summed E-state index contributed by atoms with van der Waals surface area (Å²) in [6.45, 7) is 12.1. The van der Waals surface area contributed by atoms with Crippen molar-refractivity contribution in [3.8, 4) is 11.5 Å². The Morgan fingerprint density at radius 2 is 2.00 bits per heavy atom. The molecule has 112 valence electrons. The number of nitrogens with one attached hydrogen (secondary N) is 1. The van der Waals surface area contributed by atoms with Gasteiger partial charge in [0.2, 0.25) is 0 Å². The molecule has 1 aromatic rings. The Morgan fingerprint density at radius 3 is 2.55 bits per heavy atom. The molecule has 3 heteroatoms. The van der Waals surface area contributed by atoms with Crippen LogP contribution in [0, 0.1) is 0 Å². The van der Waals surface area contributed by atoms with Gasteiger partial charge in [-0.1, -0.05) is 23.8 Å². The molecule has 1 N–H and O–H groups in total. The Bertz CT molecular complexity index is 459. The number of benzene rings is 1. The van der Waals surface area contributed by atoms with Gasteiger partial charge < -0.3 is 14.8 Å². The largest absolute Gasteiger partial charge is 0.492 e. The van der Waals surface area contributed by atoms with Crippen LogP contribution in [0.3, 0.4) is 0 Å². The van der Waals surface area contributed by atoms with Gasteiger partial charge >= 0.3 is 0 Å². The van der Waals surface area contributed by atoms with Crippen LogP contribution < -0.4 is 14.8 Å². The second-order valence-electron chi connectivity index (χ2n) is 5.91. The van der Waals surface area contributed by atoms with Crippen LogP contribution in [0.1, 0.15) is 40.2 Å². The molecule has 3 nitrogen and oxygen atoms in total. The quantitative estimate of drug-likeness (QED) is 0.856. The summed E-state index contributed by atoms with van der Waals surface area (Å²) >= 11 is 0. The van der Waals surface area contributed by atoms with Crippen LogP contribution in [0.25, 0.3) is 6.08 Å². The standard InChI is InChI=1S/C17H27NO2/c1-7-20-15-10-8-9-14(16(15)19-6)11-13(2)12-18-17(3,4)5/h8-11,18H,7,12H2,1-6H3. The topological polar surface area (TPSA) is 30.5 Å². The Balaban J connectivity index is 2.92. The van der Waals surface area contributed by atoms with Crippen LogP contribution in [0.5, 0.6) is 11.5 Å². The first kappa shape index (κ1) is 16.6. The monoisotopic (exact) mass is 277 g/mol. The molecule has 0 aliphatic rings. The van der Waals surface area contributed by atoms with Crippen molar-refractivity contribution in [2.24, 2.45) is 0 Å². The van der Waals surface area contributed by atoms with Gasteiger partial charge in [-0.15, -0.1) is 0 Å². The minimum atomic E-state index is 0.117. The number of methoxy groups -OCH3 is 1. The van der Waals surface area contributed by atoms with Gasteiger partial charge in [-0.2, -0.15) is 0 Å². The number of hydrogen-bond donors (Lipinski definition) is 1. The Hall–Kier alpha value is -1.48. The van der Waals surface area contributed by atoms with Gasteiger partial charge in [0.25, 0.3) is 0 Å². The zero-order valence-electron chi connectivity index (χ0n) is 13.5. The summed E-state index contributed by atoms with van der Waals surface area (Å²) < 4.78 is 11.1. The average molecular weight is 277 g/mol. The van der Waals surface area contributed by atoms with Crippen molar-refractivity contribution >= 4 is 6.08 Å². The van der Waals surface area contributed by atoms with Gasteiger partial charge in [0.15, 0.2) is 11.5 Å². The highest BCUT2D eigenvalue weighted by Gasteiger charge is 2.10. The molecular formula is C17H27NO2. The number of hydrogen-bond acceptors (Lipinski definition) is 3. The van der Waals surface area contributed by atoms with Crippen LogP contribution in [-0.4, -0.2) is 25.8 Å². The van der Waals surface area contributed by atoms with Crippen molar-refractivity contribution < 1.29 is 9.47 Å². The van der Waals surface area contributed by atoms with E-state index in [1.165, 1.54) is 5.57 Å². The third-order valence-electron chi connectivity index (χ3n) is 2.81. The van der Waals surface area contributed by atoms with E-state index in [2.05, 4.69) is 39.1 Å². The highest BCUT2D eigenvalue weighted by molar-refractivity contribution is 5.64. The van der Waals surface area contributed by atoms with E-state index in [9.17, 15) is 0 Å². The molecule has 0 aromatic heterocycles. The lowest BCUT2D eigenvalue weighted by atomic mass is 10.1. The van der Waals surface area contributed by atoms with E-state index in [0.717, 1.165) is 23.6 Å². The second kappa shape index (κ2) is 7.34. The summed E-state index contributed by atoms with van der Waals surface area (Å²) in [6.07, 6.45) is 2.14. The Morgan fingerprint density at radius 1 is 1.30 bits per heavy atom. The highest BCUT2D eigenvalue weighted by Crippen LogP contribution is 2.32. The van der Waals surface area contributed by atoms with Gasteiger partial charge in [0.1, 0.15) is 0 Å². The highest BCUT2D eigenvalue weighted by atomic mass is 16.5. The lowest BCUT2D eigenvalue weighted by molar-refractivity contribution is 0.310. The summed E-state index contributed by atoms with van der Waals surface area (Å²) in [5, 5.41) is 3.48. The van der Waals surface area contributed by atoms with Crippen LogP contribution in [0.4, 0.5) is 0 Å². The van der Waals surface area contributed by atoms with Crippen molar-refractivity contribution in [3.05, 3.63) is 29.3 Å². The number of ether oxygens (including phenoxy) is 2. The maximum Gasteiger partial charge on any atom is 0.167 e. The van der Waals surface area contributed by atoms with Gasteiger partial charge in [-0.05, 0) is 40.7 Å². The molecule has 20 heavy (non-hydrogen) atoms. The predicted molar refractivity (Wildman–Crippen MR) is 85.6 cm³/mol. The Kier molecular flexibility index (Phi) is 6.08. The van der Waals surface area contributed by atoms with E-state index in [0.29, 0.717) is 6.61 Å². The SMILES string of the molecule is CCOc1cccc(C=C(C)CNC(C)(C)C)c1OC. The second-order valence-corrected chi connectivity index (χ2v) is 5.91. The smallest absolute Gasteiger partial charge is 0.167 e. The zero-order valence-corrected chi connectivity index (χ0v) is 13.5. The van der Waals surface area contributed by atoms with Crippen LogP contribution in [0.2, 0.25) is 0 Å². The van der Waals surface area contributed by atoms with E-state index in [1.54, 1.807) is 7.11 Å².